The Labute approximate surface area is 148 Å². The zero-order valence-electron chi connectivity index (χ0n) is 16.5. The van der Waals surface area contributed by atoms with Gasteiger partial charge in [0.15, 0.2) is 5.96 Å². The molecule has 0 aromatic carbocycles. The van der Waals surface area contributed by atoms with Crippen LogP contribution in [0.15, 0.2) is 4.99 Å². The van der Waals surface area contributed by atoms with E-state index in [2.05, 4.69) is 42.8 Å². The number of ether oxygens (including phenoxy) is 1. The Hall–Kier alpha value is -0.810. The van der Waals surface area contributed by atoms with Crippen molar-refractivity contribution < 1.29 is 4.74 Å². The molecule has 0 unspecified atom stereocenters. The van der Waals surface area contributed by atoms with Crippen LogP contribution in [-0.4, -0.2) is 73.8 Å². The number of nitrogens with one attached hydrogen (secondary N) is 1. The smallest absolute Gasteiger partial charge is 0.193 e. The van der Waals surface area contributed by atoms with Crippen molar-refractivity contribution in [2.45, 2.75) is 65.0 Å². The highest BCUT2D eigenvalue weighted by Crippen LogP contribution is 2.23. The molecule has 140 valence electrons. The van der Waals surface area contributed by atoms with Gasteiger partial charge in [-0.25, -0.2) is 0 Å². The average molecular weight is 339 g/mol. The van der Waals surface area contributed by atoms with Crippen LogP contribution < -0.4 is 5.32 Å². The van der Waals surface area contributed by atoms with Crippen LogP contribution in [0.5, 0.6) is 0 Å². The van der Waals surface area contributed by atoms with Gasteiger partial charge >= 0.3 is 0 Å². The Morgan fingerprint density at radius 2 is 1.75 bits per heavy atom. The molecule has 2 rings (SSSR count). The highest BCUT2D eigenvalue weighted by Gasteiger charge is 2.31. The van der Waals surface area contributed by atoms with Crippen molar-refractivity contribution in [2.24, 2.45) is 10.9 Å². The van der Waals surface area contributed by atoms with Gasteiger partial charge in [-0.15, -0.1) is 0 Å². The third-order valence-electron chi connectivity index (χ3n) is 5.67. The third-order valence-corrected chi connectivity index (χ3v) is 5.67. The fourth-order valence-corrected chi connectivity index (χ4v) is 3.71. The van der Waals surface area contributed by atoms with Crippen LogP contribution in [0.2, 0.25) is 0 Å². The van der Waals surface area contributed by atoms with Crippen LogP contribution in [0.1, 0.15) is 53.4 Å². The van der Waals surface area contributed by atoms with E-state index in [1.807, 2.05) is 7.11 Å². The van der Waals surface area contributed by atoms with E-state index in [9.17, 15) is 0 Å². The number of piperidine rings is 2. The van der Waals surface area contributed by atoms with Crippen molar-refractivity contribution >= 4 is 5.96 Å². The first-order valence-corrected chi connectivity index (χ1v) is 9.77. The number of guanidine groups is 1. The van der Waals surface area contributed by atoms with E-state index in [-0.39, 0.29) is 5.54 Å². The molecule has 2 saturated heterocycles. The van der Waals surface area contributed by atoms with Gasteiger partial charge in [-0.2, -0.15) is 0 Å². The SMILES string of the molecule is CCNC(=NCC(C)(C)N1CCC(OC)CC1)N1CCC(C)CC1. The molecular formula is C19H38N4O. The first-order chi connectivity index (χ1) is 11.5. The zero-order valence-corrected chi connectivity index (χ0v) is 16.5. The molecule has 0 atom stereocenters. The molecule has 0 bridgehead atoms. The van der Waals surface area contributed by atoms with Gasteiger partial charge in [0.2, 0.25) is 0 Å². The topological polar surface area (TPSA) is 40.1 Å². The predicted molar refractivity (Wildman–Crippen MR) is 102 cm³/mol. The summed E-state index contributed by atoms with van der Waals surface area (Å²) in [5.41, 5.74) is 0.0997. The number of aliphatic imine (C=N–C) groups is 1. The largest absolute Gasteiger partial charge is 0.381 e. The molecular weight excluding hydrogens is 300 g/mol. The van der Waals surface area contributed by atoms with Gasteiger partial charge in [-0.1, -0.05) is 6.92 Å². The minimum Gasteiger partial charge on any atom is -0.381 e. The first kappa shape index (κ1) is 19.5. The Balaban J connectivity index is 1.94. The maximum atomic E-state index is 5.50. The summed E-state index contributed by atoms with van der Waals surface area (Å²) in [5, 5.41) is 3.50. The molecule has 2 fully saturated rings. The quantitative estimate of drug-likeness (QED) is 0.618. The molecule has 0 aromatic heterocycles. The maximum absolute atomic E-state index is 5.50. The van der Waals surface area contributed by atoms with E-state index in [4.69, 9.17) is 9.73 Å². The van der Waals surface area contributed by atoms with Gasteiger partial charge in [-0.3, -0.25) is 9.89 Å². The molecule has 5 nitrogen and oxygen atoms in total. The van der Waals surface area contributed by atoms with Gasteiger partial charge in [0.25, 0.3) is 0 Å². The molecule has 0 aromatic rings. The second-order valence-electron chi connectivity index (χ2n) is 8.07. The molecule has 0 radical (unpaired) electrons. The Morgan fingerprint density at radius 1 is 1.12 bits per heavy atom. The summed E-state index contributed by atoms with van der Waals surface area (Å²) in [6, 6.07) is 0. The summed E-state index contributed by atoms with van der Waals surface area (Å²) >= 11 is 0. The second kappa shape index (κ2) is 9.04. The molecule has 0 spiro atoms. The van der Waals surface area contributed by atoms with Crippen LogP contribution in [0.3, 0.4) is 0 Å². The standard InChI is InChI=1S/C19H38N4O/c1-6-20-18(22-11-7-16(2)8-12-22)21-15-19(3,4)23-13-9-17(24-5)10-14-23/h16-17H,6-15H2,1-5H3,(H,20,21). The highest BCUT2D eigenvalue weighted by molar-refractivity contribution is 5.80. The molecule has 0 amide bonds. The molecule has 2 aliphatic rings. The Morgan fingerprint density at radius 3 is 2.29 bits per heavy atom. The minimum atomic E-state index is 0.0997. The molecule has 0 aliphatic carbocycles. The lowest BCUT2D eigenvalue weighted by Gasteiger charge is -2.42. The minimum absolute atomic E-state index is 0.0997. The summed E-state index contributed by atoms with van der Waals surface area (Å²) in [5.74, 6) is 1.95. The summed E-state index contributed by atoms with van der Waals surface area (Å²) in [6.45, 7) is 15.4. The van der Waals surface area contributed by atoms with Gasteiger partial charge < -0.3 is 15.0 Å². The summed E-state index contributed by atoms with van der Waals surface area (Å²) in [4.78, 5) is 10.0. The van der Waals surface area contributed by atoms with E-state index in [0.29, 0.717) is 6.10 Å². The summed E-state index contributed by atoms with van der Waals surface area (Å²) in [6.07, 6.45) is 5.26. The Kier molecular flexibility index (Phi) is 7.35. The van der Waals surface area contributed by atoms with Crippen molar-refractivity contribution in [1.82, 2.24) is 15.1 Å². The van der Waals surface area contributed by atoms with Crippen LogP contribution in [0.25, 0.3) is 0 Å². The number of likely N-dealkylation sites (tertiary alicyclic amines) is 2. The van der Waals surface area contributed by atoms with E-state index >= 15 is 0 Å². The highest BCUT2D eigenvalue weighted by atomic mass is 16.5. The van der Waals surface area contributed by atoms with Crippen LogP contribution in [0, 0.1) is 5.92 Å². The molecule has 5 heteroatoms. The van der Waals surface area contributed by atoms with Crippen molar-refractivity contribution in [2.75, 3.05) is 46.4 Å². The number of hydrogen-bond donors (Lipinski definition) is 1. The lowest BCUT2D eigenvalue weighted by Crippen LogP contribution is -2.52. The lowest BCUT2D eigenvalue weighted by atomic mass is 9.97. The van der Waals surface area contributed by atoms with Gasteiger partial charge in [-0.05, 0) is 52.4 Å². The fraction of sp³-hybridized carbons (Fsp3) is 0.947. The van der Waals surface area contributed by atoms with Crippen molar-refractivity contribution in [3.63, 3.8) is 0 Å². The van der Waals surface area contributed by atoms with E-state index in [0.717, 1.165) is 64.0 Å². The van der Waals surface area contributed by atoms with Gasteiger partial charge in [0.1, 0.15) is 0 Å². The third kappa shape index (κ3) is 5.35. The van der Waals surface area contributed by atoms with E-state index in [1.54, 1.807) is 0 Å². The van der Waals surface area contributed by atoms with Crippen molar-refractivity contribution in [3.8, 4) is 0 Å². The van der Waals surface area contributed by atoms with Crippen molar-refractivity contribution in [3.05, 3.63) is 0 Å². The normalized spacial score (nSPS) is 22.9. The van der Waals surface area contributed by atoms with Crippen LogP contribution in [-0.2, 0) is 4.74 Å². The maximum Gasteiger partial charge on any atom is 0.193 e. The fourth-order valence-electron chi connectivity index (χ4n) is 3.71. The van der Waals surface area contributed by atoms with Crippen LogP contribution in [0.4, 0.5) is 0 Å². The number of rotatable bonds is 5. The van der Waals surface area contributed by atoms with Crippen molar-refractivity contribution in [1.29, 1.82) is 0 Å². The van der Waals surface area contributed by atoms with E-state index < -0.39 is 0 Å². The summed E-state index contributed by atoms with van der Waals surface area (Å²) < 4.78 is 5.50. The van der Waals surface area contributed by atoms with Crippen LogP contribution >= 0.6 is 0 Å². The molecule has 1 N–H and O–H groups in total. The monoisotopic (exact) mass is 338 g/mol. The van der Waals surface area contributed by atoms with Gasteiger partial charge in [0, 0.05) is 45.4 Å². The Bertz CT molecular complexity index is 394. The lowest BCUT2D eigenvalue weighted by molar-refractivity contribution is 0.00902. The van der Waals surface area contributed by atoms with Gasteiger partial charge in [0.05, 0.1) is 12.6 Å². The zero-order chi connectivity index (χ0) is 17.6. The van der Waals surface area contributed by atoms with E-state index in [1.165, 1.54) is 12.8 Å². The molecule has 24 heavy (non-hydrogen) atoms. The molecule has 2 heterocycles. The predicted octanol–water partition coefficient (Wildman–Crippen LogP) is 2.57. The number of hydrogen-bond acceptors (Lipinski definition) is 3. The molecule has 0 saturated carbocycles. The number of nitrogens with zero attached hydrogens (tertiary/aromatic N) is 3. The first-order valence-electron chi connectivity index (χ1n) is 9.77. The number of methoxy groups -OCH3 is 1. The summed E-state index contributed by atoms with van der Waals surface area (Å²) in [7, 11) is 1.83. The average Bonchev–Trinajstić information content (AvgIpc) is 2.59. The second-order valence-corrected chi connectivity index (χ2v) is 8.07. The molecule has 2 aliphatic heterocycles.